The van der Waals surface area contributed by atoms with Crippen molar-refractivity contribution in [3.8, 4) is 11.5 Å². The van der Waals surface area contributed by atoms with E-state index in [1.807, 2.05) is 23.0 Å². The van der Waals surface area contributed by atoms with Gasteiger partial charge < -0.3 is 14.4 Å². The smallest absolute Gasteiger partial charge is 0.122 e. The van der Waals surface area contributed by atoms with E-state index in [1.54, 1.807) is 20.4 Å². The maximum Gasteiger partial charge on any atom is 0.122 e. The molecule has 1 unspecified atom stereocenters. The van der Waals surface area contributed by atoms with Crippen LogP contribution in [0.1, 0.15) is 17.9 Å². The highest BCUT2D eigenvalue weighted by Gasteiger charge is 2.26. The van der Waals surface area contributed by atoms with Gasteiger partial charge in [0.1, 0.15) is 11.5 Å². The van der Waals surface area contributed by atoms with E-state index >= 15 is 0 Å². The largest absolute Gasteiger partial charge is 0.497 e. The minimum Gasteiger partial charge on any atom is -0.497 e. The van der Waals surface area contributed by atoms with Crippen LogP contribution in [0.25, 0.3) is 0 Å². The number of hydrogen-bond acceptors (Lipinski definition) is 4. The van der Waals surface area contributed by atoms with Gasteiger partial charge in [0.2, 0.25) is 0 Å². The summed E-state index contributed by atoms with van der Waals surface area (Å²) in [5.74, 6) is 2.29. The Morgan fingerprint density at radius 1 is 1.26 bits per heavy atom. The van der Waals surface area contributed by atoms with Crippen LogP contribution in [0.4, 0.5) is 0 Å². The maximum absolute atomic E-state index is 5.90. The Bertz CT molecular complexity index is 659. The zero-order chi connectivity index (χ0) is 16.2. The molecule has 0 N–H and O–H groups in total. The Morgan fingerprint density at radius 3 is 2.83 bits per heavy atom. The first kappa shape index (κ1) is 16.1. The van der Waals surface area contributed by atoms with Gasteiger partial charge in [0.05, 0.1) is 32.0 Å². The molecule has 1 aromatic carbocycles. The number of benzene rings is 1. The fourth-order valence-electron chi connectivity index (χ4n) is 3.15. The molecule has 0 saturated carbocycles. The second-order valence-electron chi connectivity index (χ2n) is 5.82. The van der Waals surface area contributed by atoms with Crippen LogP contribution < -0.4 is 9.47 Å². The Morgan fingerprint density at radius 2 is 2.13 bits per heavy atom. The lowest BCUT2D eigenvalue weighted by molar-refractivity contribution is 0.311. The first-order valence-corrected chi connectivity index (χ1v) is 8.19. The second kappa shape index (κ2) is 7.23. The van der Waals surface area contributed by atoms with Gasteiger partial charge in [-0.3, -0.25) is 4.68 Å². The van der Waals surface area contributed by atoms with Crippen molar-refractivity contribution in [2.24, 2.45) is 0 Å². The predicted octanol–water partition coefficient (Wildman–Crippen LogP) is 3.04. The highest BCUT2D eigenvalue weighted by atomic mass is 35.5. The van der Waals surface area contributed by atoms with Crippen molar-refractivity contribution in [1.29, 1.82) is 0 Å². The van der Waals surface area contributed by atoms with Crippen LogP contribution >= 0.6 is 11.6 Å². The first-order valence-electron chi connectivity index (χ1n) is 7.82. The summed E-state index contributed by atoms with van der Waals surface area (Å²) in [4.78, 5) is 2.46. The van der Waals surface area contributed by atoms with Crippen molar-refractivity contribution < 1.29 is 9.47 Å². The molecule has 0 radical (unpaired) electrons. The van der Waals surface area contributed by atoms with Crippen LogP contribution in [0.3, 0.4) is 0 Å². The highest BCUT2D eigenvalue weighted by Crippen LogP contribution is 2.35. The van der Waals surface area contributed by atoms with Gasteiger partial charge in [-0.25, -0.2) is 0 Å². The van der Waals surface area contributed by atoms with Gasteiger partial charge in [-0.05, 0) is 31.2 Å². The molecule has 1 aliphatic rings. The first-order chi connectivity index (χ1) is 11.2. The van der Waals surface area contributed by atoms with E-state index in [4.69, 9.17) is 21.1 Å². The van der Waals surface area contributed by atoms with E-state index in [1.165, 1.54) is 5.56 Å². The minimum atomic E-state index is 0.473. The van der Waals surface area contributed by atoms with Crippen LogP contribution in [0.15, 0.2) is 30.6 Å². The van der Waals surface area contributed by atoms with E-state index in [-0.39, 0.29) is 0 Å². The monoisotopic (exact) mass is 335 g/mol. The molecule has 1 saturated heterocycles. The van der Waals surface area contributed by atoms with Crippen LogP contribution in [-0.2, 0) is 6.54 Å². The number of likely N-dealkylation sites (tertiary alicyclic amines) is 1. The average Bonchev–Trinajstić information content (AvgIpc) is 3.21. The molecule has 3 rings (SSSR count). The Hall–Kier alpha value is -1.72. The van der Waals surface area contributed by atoms with Crippen molar-refractivity contribution in [2.45, 2.75) is 18.9 Å². The molecule has 0 aliphatic carbocycles. The summed E-state index contributed by atoms with van der Waals surface area (Å²) in [5.41, 5.74) is 1.23. The third-order valence-electron chi connectivity index (χ3n) is 4.40. The third kappa shape index (κ3) is 3.79. The maximum atomic E-state index is 5.90. The number of rotatable bonds is 6. The van der Waals surface area contributed by atoms with E-state index < -0.39 is 0 Å². The minimum absolute atomic E-state index is 0.473. The number of halogens is 1. The molecule has 1 fully saturated rings. The molecule has 0 spiro atoms. The van der Waals surface area contributed by atoms with Gasteiger partial charge in [-0.2, -0.15) is 5.10 Å². The van der Waals surface area contributed by atoms with Crippen LogP contribution in [0, 0.1) is 0 Å². The van der Waals surface area contributed by atoms with Crippen LogP contribution in [0.5, 0.6) is 11.5 Å². The molecule has 6 heteroatoms. The number of ether oxygens (including phenoxy) is 2. The van der Waals surface area contributed by atoms with Crippen molar-refractivity contribution in [2.75, 3.05) is 33.9 Å². The molecule has 0 bridgehead atoms. The van der Waals surface area contributed by atoms with E-state index in [0.29, 0.717) is 10.9 Å². The Balaban J connectivity index is 1.63. The topological polar surface area (TPSA) is 39.5 Å². The van der Waals surface area contributed by atoms with E-state index in [2.05, 4.69) is 16.1 Å². The molecule has 2 heterocycles. The Kier molecular flexibility index (Phi) is 5.08. The zero-order valence-corrected chi connectivity index (χ0v) is 14.3. The molecule has 1 aromatic heterocycles. The normalized spacial score (nSPS) is 18.3. The lowest BCUT2D eigenvalue weighted by Crippen LogP contribution is -2.25. The SMILES string of the molecule is COc1ccc(OC)c(C2CCN(CCn3cc(Cl)cn3)C2)c1. The third-order valence-corrected chi connectivity index (χ3v) is 4.59. The summed E-state index contributed by atoms with van der Waals surface area (Å²) in [6.07, 6.45) is 4.67. The summed E-state index contributed by atoms with van der Waals surface area (Å²) in [6.45, 7) is 3.94. The van der Waals surface area contributed by atoms with Crippen molar-refractivity contribution in [3.05, 3.63) is 41.2 Å². The predicted molar refractivity (Wildman–Crippen MR) is 90.6 cm³/mol. The molecule has 23 heavy (non-hydrogen) atoms. The summed E-state index contributed by atoms with van der Waals surface area (Å²) >= 11 is 5.90. The van der Waals surface area contributed by atoms with Gasteiger partial charge in [-0.1, -0.05) is 11.6 Å². The summed E-state index contributed by atoms with van der Waals surface area (Å²) in [6, 6.07) is 6.03. The standard InChI is InChI=1S/C17H22ClN3O2/c1-22-15-3-4-17(23-2)16(9-15)13-5-6-20(11-13)7-8-21-12-14(18)10-19-21/h3-4,9-10,12-13H,5-8,11H2,1-2H3. The zero-order valence-electron chi connectivity index (χ0n) is 13.5. The molecule has 2 aromatic rings. The van der Waals surface area contributed by atoms with Gasteiger partial charge in [-0.15, -0.1) is 0 Å². The van der Waals surface area contributed by atoms with Crippen molar-refractivity contribution in [3.63, 3.8) is 0 Å². The molecule has 1 atom stereocenters. The summed E-state index contributed by atoms with van der Waals surface area (Å²) in [5, 5.41) is 4.91. The molecular weight excluding hydrogens is 314 g/mol. The van der Waals surface area contributed by atoms with Crippen molar-refractivity contribution in [1.82, 2.24) is 14.7 Å². The highest BCUT2D eigenvalue weighted by molar-refractivity contribution is 6.30. The lowest BCUT2D eigenvalue weighted by Gasteiger charge is -2.18. The summed E-state index contributed by atoms with van der Waals surface area (Å²) in [7, 11) is 3.42. The van der Waals surface area contributed by atoms with Gasteiger partial charge in [0, 0.05) is 30.8 Å². The van der Waals surface area contributed by atoms with Gasteiger partial charge >= 0.3 is 0 Å². The Labute approximate surface area is 141 Å². The summed E-state index contributed by atoms with van der Waals surface area (Å²) < 4.78 is 12.8. The fraction of sp³-hybridized carbons (Fsp3) is 0.471. The molecule has 1 aliphatic heterocycles. The van der Waals surface area contributed by atoms with Gasteiger partial charge in [0.25, 0.3) is 0 Å². The molecule has 0 amide bonds. The van der Waals surface area contributed by atoms with Crippen LogP contribution in [-0.4, -0.2) is 48.5 Å². The molecule has 5 nitrogen and oxygen atoms in total. The molecule has 124 valence electrons. The van der Waals surface area contributed by atoms with E-state index in [9.17, 15) is 0 Å². The number of hydrogen-bond donors (Lipinski definition) is 0. The molecular formula is C17H22ClN3O2. The van der Waals surface area contributed by atoms with Crippen LogP contribution in [0.2, 0.25) is 5.02 Å². The van der Waals surface area contributed by atoms with Gasteiger partial charge in [0.15, 0.2) is 0 Å². The quantitative estimate of drug-likeness (QED) is 0.813. The number of nitrogens with zero attached hydrogens (tertiary/aromatic N) is 3. The van der Waals surface area contributed by atoms with E-state index in [0.717, 1.165) is 44.1 Å². The lowest BCUT2D eigenvalue weighted by atomic mass is 9.97. The fourth-order valence-corrected chi connectivity index (χ4v) is 3.31. The second-order valence-corrected chi connectivity index (χ2v) is 6.25. The average molecular weight is 336 g/mol. The van der Waals surface area contributed by atoms with Crippen molar-refractivity contribution >= 4 is 11.6 Å². The number of methoxy groups -OCH3 is 2. The number of aromatic nitrogens is 2.